The van der Waals surface area contributed by atoms with Crippen molar-refractivity contribution in [3.8, 4) is 0 Å². The zero-order valence-corrected chi connectivity index (χ0v) is 11.6. The van der Waals surface area contributed by atoms with Gasteiger partial charge in [-0.05, 0) is 31.5 Å². The zero-order valence-electron chi connectivity index (χ0n) is 10.8. The standard InChI is InChI=1S/C13H20N2O2S/c1-3-15-13(17)10-4-5-12(11(14)8-10)18-9(2)6-7-16/h4-5,8-9,16H,3,6-7,14H2,1-2H3,(H,15,17). The molecule has 0 aromatic heterocycles. The Hall–Kier alpha value is -1.20. The molecular formula is C13H20N2O2S. The molecule has 0 fully saturated rings. The number of hydrogen-bond acceptors (Lipinski definition) is 4. The highest BCUT2D eigenvalue weighted by molar-refractivity contribution is 8.00. The number of nitrogens with one attached hydrogen (secondary N) is 1. The van der Waals surface area contributed by atoms with E-state index in [1.54, 1.807) is 23.9 Å². The second kappa shape index (κ2) is 7.28. The third-order valence-electron chi connectivity index (χ3n) is 2.47. The lowest BCUT2D eigenvalue weighted by molar-refractivity contribution is 0.0956. The summed E-state index contributed by atoms with van der Waals surface area (Å²) in [7, 11) is 0. The number of hydrogen-bond donors (Lipinski definition) is 3. The normalized spacial score (nSPS) is 12.2. The fourth-order valence-electron chi connectivity index (χ4n) is 1.52. The molecule has 5 heteroatoms. The molecule has 100 valence electrons. The Labute approximate surface area is 112 Å². The number of carbonyl (C=O) groups excluding carboxylic acids is 1. The Kier molecular flexibility index (Phi) is 6.01. The first-order valence-corrected chi connectivity index (χ1v) is 6.91. The zero-order chi connectivity index (χ0) is 13.5. The van der Waals surface area contributed by atoms with Crippen molar-refractivity contribution in [2.24, 2.45) is 0 Å². The third kappa shape index (κ3) is 4.23. The second-order valence-corrected chi connectivity index (χ2v) is 5.53. The number of amides is 1. The Bertz CT molecular complexity index is 410. The van der Waals surface area contributed by atoms with E-state index < -0.39 is 0 Å². The monoisotopic (exact) mass is 268 g/mol. The first-order valence-electron chi connectivity index (χ1n) is 6.03. The Morgan fingerprint density at radius 1 is 1.56 bits per heavy atom. The van der Waals surface area contributed by atoms with Gasteiger partial charge in [0.15, 0.2) is 0 Å². The molecule has 4 nitrogen and oxygen atoms in total. The van der Waals surface area contributed by atoms with Gasteiger partial charge in [-0.25, -0.2) is 0 Å². The number of anilines is 1. The van der Waals surface area contributed by atoms with Crippen LogP contribution >= 0.6 is 11.8 Å². The van der Waals surface area contributed by atoms with Crippen LogP contribution in [0.3, 0.4) is 0 Å². The summed E-state index contributed by atoms with van der Waals surface area (Å²) < 4.78 is 0. The fourth-order valence-corrected chi connectivity index (χ4v) is 2.52. The highest BCUT2D eigenvalue weighted by Crippen LogP contribution is 2.30. The van der Waals surface area contributed by atoms with E-state index in [1.165, 1.54) is 0 Å². The number of benzene rings is 1. The Morgan fingerprint density at radius 3 is 2.83 bits per heavy atom. The van der Waals surface area contributed by atoms with Gasteiger partial charge in [0.2, 0.25) is 0 Å². The van der Waals surface area contributed by atoms with E-state index in [0.29, 0.717) is 23.0 Å². The van der Waals surface area contributed by atoms with Crippen molar-refractivity contribution in [2.45, 2.75) is 30.4 Å². The van der Waals surface area contributed by atoms with Gasteiger partial charge in [0.05, 0.1) is 0 Å². The van der Waals surface area contributed by atoms with E-state index in [9.17, 15) is 4.79 Å². The molecule has 0 spiro atoms. The van der Waals surface area contributed by atoms with Crippen LogP contribution < -0.4 is 11.1 Å². The number of rotatable bonds is 6. The molecular weight excluding hydrogens is 248 g/mol. The molecule has 1 unspecified atom stereocenters. The lowest BCUT2D eigenvalue weighted by atomic mass is 10.2. The predicted molar refractivity (Wildman–Crippen MR) is 75.9 cm³/mol. The first-order chi connectivity index (χ1) is 8.58. The van der Waals surface area contributed by atoms with E-state index in [0.717, 1.165) is 11.3 Å². The van der Waals surface area contributed by atoms with Gasteiger partial charge in [-0.1, -0.05) is 6.92 Å². The van der Waals surface area contributed by atoms with Crippen molar-refractivity contribution < 1.29 is 9.90 Å². The highest BCUT2D eigenvalue weighted by Gasteiger charge is 2.10. The summed E-state index contributed by atoms with van der Waals surface area (Å²) >= 11 is 1.61. The van der Waals surface area contributed by atoms with Crippen LogP contribution in [-0.2, 0) is 0 Å². The molecule has 1 atom stereocenters. The van der Waals surface area contributed by atoms with Crippen molar-refractivity contribution >= 4 is 23.4 Å². The summed E-state index contributed by atoms with van der Waals surface area (Å²) in [5, 5.41) is 11.9. The van der Waals surface area contributed by atoms with Crippen LogP contribution in [0.4, 0.5) is 5.69 Å². The number of nitrogen functional groups attached to an aromatic ring is 1. The van der Waals surface area contributed by atoms with Crippen molar-refractivity contribution in [1.82, 2.24) is 5.32 Å². The molecule has 0 saturated carbocycles. The fraction of sp³-hybridized carbons (Fsp3) is 0.462. The summed E-state index contributed by atoms with van der Waals surface area (Å²) in [6.07, 6.45) is 0.724. The van der Waals surface area contributed by atoms with Crippen LogP contribution in [0, 0.1) is 0 Å². The van der Waals surface area contributed by atoms with E-state index in [1.807, 2.05) is 19.9 Å². The van der Waals surface area contributed by atoms with Gasteiger partial charge in [0, 0.05) is 34.5 Å². The summed E-state index contributed by atoms with van der Waals surface area (Å²) in [4.78, 5) is 12.6. The molecule has 1 amide bonds. The summed E-state index contributed by atoms with van der Waals surface area (Å²) in [6, 6.07) is 5.33. The largest absolute Gasteiger partial charge is 0.398 e. The van der Waals surface area contributed by atoms with Crippen LogP contribution in [-0.4, -0.2) is 29.4 Å². The van der Waals surface area contributed by atoms with Gasteiger partial charge in [0.1, 0.15) is 0 Å². The quantitative estimate of drug-likeness (QED) is 0.544. The maximum atomic E-state index is 11.6. The van der Waals surface area contributed by atoms with Crippen LogP contribution in [0.5, 0.6) is 0 Å². The predicted octanol–water partition coefficient (Wildman–Crippen LogP) is 1.88. The number of thioether (sulfide) groups is 1. The smallest absolute Gasteiger partial charge is 0.251 e. The minimum atomic E-state index is -0.107. The molecule has 1 rings (SSSR count). The minimum Gasteiger partial charge on any atom is -0.398 e. The average Bonchev–Trinajstić information content (AvgIpc) is 2.32. The van der Waals surface area contributed by atoms with E-state index in [-0.39, 0.29) is 12.5 Å². The van der Waals surface area contributed by atoms with Gasteiger partial charge < -0.3 is 16.2 Å². The first kappa shape index (κ1) is 14.9. The SMILES string of the molecule is CCNC(=O)c1ccc(SC(C)CCO)c(N)c1. The van der Waals surface area contributed by atoms with E-state index >= 15 is 0 Å². The molecule has 1 aromatic rings. The maximum absolute atomic E-state index is 11.6. The van der Waals surface area contributed by atoms with Gasteiger partial charge in [0.25, 0.3) is 5.91 Å². The summed E-state index contributed by atoms with van der Waals surface area (Å²) in [5.74, 6) is -0.107. The molecule has 0 aliphatic rings. The molecule has 0 heterocycles. The number of aliphatic hydroxyl groups is 1. The molecule has 0 bridgehead atoms. The van der Waals surface area contributed by atoms with Crippen LogP contribution in [0.25, 0.3) is 0 Å². The Morgan fingerprint density at radius 2 is 2.28 bits per heavy atom. The summed E-state index contributed by atoms with van der Waals surface area (Å²) in [6.45, 7) is 4.69. The molecule has 0 aliphatic carbocycles. The van der Waals surface area contributed by atoms with Crippen molar-refractivity contribution in [2.75, 3.05) is 18.9 Å². The number of nitrogens with two attached hydrogens (primary N) is 1. The third-order valence-corrected chi connectivity index (χ3v) is 3.74. The van der Waals surface area contributed by atoms with Crippen molar-refractivity contribution in [3.63, 3.8) is 0 Å². The molecule has 0 saturated heterocycles. The van der Waals surface area contributed by atoms with Crippen molar-refractivity contribution in [1.29, 1.82) is 0 Å². The highest BCUT2D eigenvalue weighted by atomic mass is 32.2. The Balaban J connectivity index is 2.76. The van der Waals surface area contributed by atoms with Crippen molar-refractivity contribution in [3.05, 3.63) is 23.8 Å². The molecule has 4 N–H and O–H groups in total. The summed E-state index contributed by atoms with van der Waals surface area (Å²) in [5.41, 5.74) is 7.12. The van der Waals surface area contributed by atoms with Crippen LogP contribution in [0.2, 0.25) is 0 Å². The minimum absolute atomic E-state index is 0.107. The van der Waals surface area contributed by atoms with E-state index in [2.05, 4.69) is 5.32 Å². The molecule has 18 heavy (non-hydrogen) atoms. The maximum Gasteiger partial charge on any atom is 0.251 e. The number of carbonyl (C=O) groups is 1. The van der Waals surface area contributed by atoms with Gasteiger partial charge in [-0.15, -0.1) is 11.8 Å². The lowest BCUT2D eigenvalue weighted by Crippen LogP contribution is -2.22. The average molecular weight is 268 g/mol. The second-order valence-electron chi connectivity index (χ2n) is 4.05. The van der Waals surface area contributed by atoms with Gasteiger partial charge in [-0.3, -0.25) is 4.79 Å². The number of aliphatic hydroxyl groups excluding tert-OH is 1. The lowest BCUT2D eigenvalue weighted by Gasteiger charge is -2.12. The van der Waals surface area contributed by atoms with Gasteiger partial charge >= 0.3 is 0 Å². The topological polar surface area (TPSA) is 75.3 Å². The molecule has 0 radical (unpaired) electrons. The van der Waals surface area contributed by atoms with Gasteiger partial charge in [-0.2, -0.15) is 0 Å². The van der Waals surface area contributed by atoms with Crippen LogP contribution in [0.15, 0.2) is 23.1 Å². The molecule has 0 aliphatic heterocycles. The molecule has 1 aromatic carbocycles. The van der Waals surface area contributed by atoms with E-state index in [4.69, 9.17) is 10.8 Å². The van der Waals surface area contributed by atoms with Crippen LogP contribution in [0.1, 0.15) is 30.6 Å².